The molecule has 18 heavy (non-hydrogen) atoms. The number of rotatable bonds is 4. The summed E-state index contributed by atoms with van der Waals surface area (Å²) in [7, 11) is 0. The van der Waals surface area contributed by atoms with Crippen LogP contribution in [-0.2, 0) is 12.8 Å². The lowest BCUT2D eigenvalue weighted by atomic mass is 10.0. The molecule has 0 aliphatic rings. The molecule has 0 bridgehead atoms. The fourth-order valence-corrected chi connectivity index (χ4v) is 3.52. The third-order valence-corrected chi connectivity index (χ3v) is 4.61. The maximum atomic E-state index is 13.7. The zero-order valence-electron chi connectivity index (χ0n) is 9.50. The molecule has 1 aromatic carbocycles. The Morgan fingerprint density at radius 2 is 2.17 bits per heavy atom. The van der Waals surface area contributed by atoms with Crippen LogP contribution in [0.1, 0.15) is 10.4 Å². The van der Waals surface area contributed by atoms with Gasteiger partial charge in [-0.3, -0.25) is 0 Å². The Morgan fingerprint density at radius 1 is 1.39 bits per heavy atom. The Kier molecular flexibility index (Phi) is 4.78. The van der Waals surface area contributed by atoms with E-state index in [-0.39, 0.29) is 16.9 Å². The van der Waals surface area contributed by atoms with E-state index in [1.54, 1.807) is 29.5 Å². The van der Waals surface area contributed by atoms with Crippen molar-refractivity contribution in [2.75, 3.05) is 0 Å². The van der Waals surface area contributed by atoms with Gasteiger partial charge in [-0.1, -0.05) is 23.7 Å². The van der Waals surface area contributed by atoms with Gasteiger partial charge >= 0.3 is 0 Å². The van der Waals surface area contributed by atoms with Crippen molar-refractivity contribution < 1.29 is 4.39 Å². The summed E-state index contributed by atoms with van der Waals surface area (Å²) in [6.45, 7) is 0. The van der Waals surface area contributed by atoms with Crippen LogP contribution in [0.2, 0.25) is 5.02 Å². The Morgan fingerprint density at radius 3 is 2.83 bits per heavy atom. The van der Waals surface area contributed by atoms with Gasteiger partial charge in [0.25, 0.3) is 0 Å². The summed E-state index contributed by atoms with van der Waals surface area (Å²) in [5.41, 5.74) is 6.62. The molecule has 1 atom stereocenters. The van der Waals surface area contributed by atoms with Crippen molar-refractivity contribution in [2.45, 2.75) is 18.9 Å². The molecule has 1 aromatic heterocycles. The fourth-order valence-electron chi connectivity index (χ4n) is 1.78. The molecule has 2 aromatic rings. The second-order valence-corrected chi connectivity index (χ2v) is 6.43. The number of thiophene rings is 1. The summed E-state index contributed by atoms with van der Waals surface area (Å²) < 4.78 is 14.8. The zero-order valence-corrected chi connectivity index (χ0v) is 12.7. The van der Waals surface area contributed by atoms with E-state index in [0.717, 1.165) is 10.9 Å². The largest absolute Gasteiger partial charge is 0.327 e. The predicted octanol–water partition coefficient (Wildman–Crippen LogP) is 4.42. The first-order valence-corrected chi connectivity index (χ1v) is 7.52. The second-order valence-electron chi connectivity index (χ2n) is 4.11. The lowest BCUT2D eigenvalue weighted by Crippen LogP contribution is -2.25. The van der Waals surface area contributed by atoms with E-state index in [4.69, 9.17) is 17.3 Å². The standard InChI is InChI=1S/C13H12BrClFNS/c14-9-5-11(18-7-9)6-10(17)4-8-2-1-3-12(15)13(8)16/h1-3,5,7,10H,4,6,17H2. The molecular formula is C13H12BrClFNS. The van der Waals surface area contributed by atoms with Crippen molar-refractivity contribution in [1.82, 2.24) is 0 Å². The Bertz CT molecular complexity index is 544. The highest BCUT2D eigenvalue weighted by Gasteiger charge is 2.12. The molecule has 0 saturated heterocycles. The van der Waals surface area contributed by atoms with Gasteiger partial charge in [0.2, 0.25) is 0 Å². The van der Waals surface area contributed by atoms with E-state index >= 15 is 0 Å². The van der Waals surface area contributed by atoms with E-state index in [9.17, 15) is 4.39 Å². The number of benzene rings is 1. The average molecular weight is 349 g/mol. The van der Waals surface area contributed by atoms with Crippen LogP contribution in [0.25, 0.3) is 0 Å². The zero-order chi connectivity index (χ0) is 13.1. The molecule has 2 N–H and O–H groups in total. The van der Waals surface area contributed by atoms with Crippen LogP contribution in [0.3, 0.4) is 0 Å². The molecule has 1 heterocycles. The van der Waals surface area contributed by atoms with Crippen LogP contribution in [0.15, 0.2) is 34.1 Å². The van der Waals surface area contributed by atoms with E-state index in [1.807, 2.05) is 11.4 Å². The van der Waals surface area contributed by atoms with E-state index in [2.05, 4.69) is 15.9 Å². The fraction of sp³-hybridized carbons (Fsp3) is 0.231. The summed E-state index contributed by atoms with van der Waals surface area (Å²) in [5, 5.41) is 2.17. The van der Waals surface area contributed by atoms with Gasteiger partial charge in [-0.05, 0) is 46.5 Å². The SMILES string of the molecule is NC(Cc1cc(Br)cs1)Cc1cccc(Cl)c1F. The quantitative estimate of drug-likeness (QED) is 0.870. The minimum atomic E-state index is -0.359. The lowest BCUT2D eigenvalue weighted by molar-refractivity contribution is 0.585. The van der Waals surface area contributed by atoms with Crippen LogP contribution >= 0.6 is 38.9 Å². The highest BCUT2D eigenvalue weighted by atomic mass is 79.9. The van der Waals surface area contributed by atoms with E-state index in [1.165, 1.54) is 4.88 Å². The van der Waals surface area contributed by atoms with Crippen molar-refractivity contribution in [2.24, 2.45) is 5.73 Å². The first-order chi connectivity index (χ1) is 8.56. The average Bonchev–Trinajstić information content (AvgIpc) is 2.70. The Labute approximate surface area is 123 Å². The molecule has 0 saturated carbocycles. The molecule has 1 unspecified atom stereocenters. The summed E-state index contributed by atoms with van der Waals surface area (Å²) in [4.78, 5) is 1.19. The first kappa shape index (κ1) is 14.0. The summed E-state index contributed by atoms with van der Waals surface area (Å²) in [6.07, 6.45) is 1.23. The topological polar surface area (TPSA) is 26.0 Å². The van der Waals surface area contributed by atoms with Gasteiger partial charge in [0.05, 0.1) is 5.02 Å². The molecule has 96 valence electrons. The molecule has 0 aliphatic heterocycles. The molecule has 0 aliphatic carbocycles. The maximum absolute atomic E-state index is 13.7. The van der Waals surface area contributed by atoms with E-state index < -0.39 is 0 Å². The van der Waals surface area contributed by atoms with Gasteiger partial charge in [-0.25, -0.2) is 4.39 Å². The molecule has 1 nitrogen and oxygen atoms in total. The monoisotopic (exact) mass is 347 g/mol. The lowest BCUT2D eigenvalue weighted by Gasteiger charge is -2.11. The van der Waals surface area contributed by atoms with E-state index in [0.29, 0.717) is 12.0 Å². The Hall–Kier alpha value is -0.420. The molecule has 0 radical (unpaired) electrons. The summed E-state index contributed by atoms with van der Waals surface area (Å²) in [6, 6.07) is 6.95. The first-order valence-electron chi connectivity index (χ1n) is 5.47. The smallest absolute Gasteiger partial charge is 0.145 e. The van der Waals surface area contributed by atoms with Gasteiger partial charge in [-0.15, -0.1) is 11.3 Å². The molecule has 2 rings (SSSR count). The summed E-state index contributed by atoms with van der Waals surface area (Å²) in [5.74, 6) is -0.359. The second kappa shape index (κ2) is 6.15. The van der Waals surface area contributed by atoms with Gasteiger partial charge in [0.1, 0.15) is 5.82 Å². The van der Waals surface area contributed by atoms with Gasteiger partial charge in [-0.2, -0.15) is 0 Å². The minimum Gasteiger partial charge on any atom is -0.327 e. The normalized spacial score (nSPS) is 12.7. The van der Waals surface area contributed by atoms with Crippen LogP contribution in [0.4, 0.5) is 4.39 Å². The Balaban J connectivity index is 2.03. The number of hydrogen-bond donors (Lipinski definition) is 1. The van der Waals surface area contributed by atoms with Crippen molar-refractivity contribution in [3.8, 4) is 0 Å². The van der Waals surface area contributed by atoms with Gasteiger partial charge in [0, 0.05) is 20.8 Å². The van der Waals surface area contributed by atoms with Crippen LogP contribution in [-0.4, -0.2) is 6.04 Å². The predicted molar refractivity (Wildman–Crippen MR) is 78.8 cm³/mol. The molecule has 0 amide bonds. The number of halogens is 3. The van der Waals surface area contributed by atoms with Crippen LogP contribution in [0, 0.1) is 5.82 Å². The highest BCUT2D eigenvalue weighted by molar-refractivity contribution is 9.10. The molecule has 0 fully saturated rings. The van der Waals surface area contributed by atoms with Gasteiger partial charge < -0.3 is 5.73 Å². The van der Waals surface area contributed by atoms with Crippen molar-refractivity contribution in [3.05, 3.63) is 55.4 Å². The third kappa shape index (κ3) is 3.54. The number of nitrogens with two attached hydrogens (primary N) is 1. The third-order valence-electron chi connectivity index (χ3n) is 2.60. The van der Waals surface area contributed by atoms with Gasteiger partial charge in [0.15, 0.2) is 0 Å². The van der Waals surface area contributed by atoms with Crippen molar-refractivity contribution >= 4 is 38.9 Å². The van der Waals surface area contributed by atoms with Crippen LogP contribution < -0.4 is 5.73 Å². The van der Waals surface area contributed by atoms with Crippen LogP contribution in [0.5, 0.6) is 0 Å². The molecule has 5 heteroatoms. The number of hydrogen-bond acceptors (Lipinski definition) is 2. The minimum absolute atomic E-state index is 0.108. The molecular weight excluding hydrogens is 337 g/mol. The maximum Gasteiger partial charge on any atom is 0.145 e. The summed E-state index contributed by atoms with van der Waals surface area (Å²) >= 11 is 10.8. The highest BCUT2D eigenvalue weighted by Crippen LogP contribution is 2.23. The van der Waals surface area contributed by atoms with Crippen molar-refractivity contribution in [3.63, 3.8) is 0 Å². The molecule has 0 spiro atoms. The van der Waals surface area contributed by atoms with Crippen molar-refractivity contribution in [1.29, 1.82) is 0 Å².